The van der Waals surface area contributed by atoms with E-state index in [1.807, 2.05) is 12.1 Å². The zero-order valence-corrected chi connectivity index (χ0v) is 31.9. The number of rotatable bonds is 8. The van der Waals surface area contributed by atoms with E-state index < -0.39 is 0 Å². The molecule has 1 aliphatic rings. The summed E-state index contributed by atoms with van der Waals surface area (Å²) < 4.78 is 16.7. The van der Waals surface area contributed by atoms with Gasteiger partial charge < -0.3 is 9.47 Å². The summed E-state index contributed by atoms with van der Waals surface area (Å²) in [5.41, 5.74) is 11.2. The summed E-state index contributed by atoms with van der Waals surface area (Å²) >= 11 is 0. The number of para-hydroxylation sites is 1. The third-order valence-corrected chi connectivity index (χ3v) is 11.0. The van der Waals surface area contributed by atoms with Crippen LogP contribution < -0.4 is 9.47 Å². The lowest BCUT2D eigenvalue weighted by atomic mass is 9.71. The molecule has 3 heterocycles. The Hall–Kier alpha value is -6.40. The van der Waals surface area contributed by atoms with Crippen molar-refractivity contribution in [3.63, 3.8) is 0 Å². The van der Waals surface area contributed by atoms with Gasteiger partial charge in [-0.1, -0.05) is 104 Å². The average Bonchev–Trinajstić information content (AvgIpc) is 3.74. The fourth-order valence-corrected chi connectivity index (χ4v) is 8.85. The van der Waals surface area contributed by atoms with E-state index in [4.69, 9.17) is 19.6 Å². The second-order valence-corrected chi connectivity index (χ2v) is 15.0. The maximum absolute atomic E-state index is 6.78. The average molecular weight is 721 g/mol. The van der Waals surface area contributed by atoms with Gasteiger partial charge in [0.2, 0.25) is 0 Å². The topological polar surface area (TPSA) is 54.1 Å². The van der Waals surface area contributed by atoms with Crippen LogP contribution in [0.2, 0.25) is 0 Å². The van der Waals surface area contributed by atoms with Crippen molar-refractivity contribution in [3.05, 3.63) is 162 Å². The molecule has 1 unspecified atom stereocenters. The first-order valence-corrected chi connectivity index (χ1v) is 19.1. The monoisotopic (exact) mass is 720 g/mol. The first-order chi connectivity index (χ1) is 26.9. The predicted molar refractivity (Wildman–Crippen MR) is 224 cm³/mol. The number of ether oxygens (including phenoxy) is 2. The lowest BCUT2D eigenvalue weighted by Crippen LogP contribution is -2.20. The summed E-state index contributed by atoms with van der Waals surface area (Å²) in [5.74, 6) is 4.24. The molecular weight excluding hydrogens is 677 g/mol. The number of pyridine rings is 1. The van der Waals surface area contributed by atoms with Crippen LogP contribution in [0.5, 0.6) is 17.2 Å². The third-order valence-electron chi connectivity index (χ3n) is 11.0. The first-order valence-electron chi connectivity index (χ1n) is 19.1. The van der Waals surface area contributed by atoms with Crippen molar-refractivity contribution in [2.24, 2.45) is 11.8 Å². The van der Waals surface area contributed by atoms with Crippen molar-refractivity contribution in [1.29, 1.82) is 0 Å². The standard InChI is InChI=1S/C49H44N4O2/c1-31-24-33(3)46(34(4)25-31)47-48(35-14-8-6-9-15-35)51-53(49(47)36-16-10-7-11-17-36)37-26-32(2)27-40(28-37)55-39-20-21-42-41-18-12-13-19-43(41)52(44(42)29-39)45-30-38(54-5)22-23-50-45/h6-24,26-31,34,46H,25H2,1-5H3/t31?,34-,46+/m0/s1. The summed E-state index contributed by atoms with van der Waals surface area (Å²) in [4.78, 5) is 4.74. The van der Waals surface area contributed by atoms with Gasteiger partial charge in [0, 0.05) is 57.8 Å². The van der Waals surface area contributed by atoms with Crippen molar-refractivity contribution < 1.29 is 9.47 Å². The molecule has 55 heavy (non-hydrogen) atoms. The quantitative estimate of drug-likeness (QED) is 0.147. The van der Waals surface area contributed by atoms with Crippen molar-refractivity contribution >= 4 is 21.8 Å². The van der Waals surface area contributed by atoms with Crippen molar-refractivity contribution in [2.75, 3.05) is 7.11 Å². The molecule has 8 aromatic rings. The largest absolute Gasteiger partial charge is 0.497 e. The fourth-order valence-electron chi connectivity index (χ4n) is 8.85. The molecule has 0 saturated carbocycles. The number of nitrogens with zero attached hydrogens (tertiary/aromatic N) is 4. The zero-order chi connectivity index (χ0) is 37.6. The van der Waals surface area contributed by atoms with Gasteiger partial charge in [0.05, 0.1) is 35.2 Å². The van der Waals surface area contributed by atoms with Gasteiger partial charge in [-0.3, -0.25) is 4.57 Å². The van der Waals surface area contributed by atoms with E-state index in [9.17, 15) is 0 Å². The molecular formula is C49H44N4O2. The Morgan fingerprint density at radius 2 is 1.40 bits per heavy atom. The number of hydrogen-bond donors (Lipinski definition) is 0. The highest BCUT2D eigenvalue weighted by molar-refractivity contribution is 6.09. The molecule has 272 valence electrons. The van der Waals surface area contributed by atoms with Crippen LogP contribution >= 0.6 is 0 Å². The summed E-state index contributed by atoms with van der Waals surface area (Å²) in [7, 11) is 1.68. The number of hydrogen-bond acceptors (Lipinski definition) is 4. The van der Waals surface area contributed by atoms with Crippen LogP contribution in [0.15, 0.2) is 151 Å². The van der Waals surface area contributed by atoms with Gasteiger partial charge in [0.15, 0.2) is 0 Å². The number of aryl methyl sites for hydroxylation is 1. The Bertz CT molecular complexity index is 2710. The van der Waals surface area contributed by atoms with Crippen molar-refractivity contribution in [3.8, 4) is 51.3 Å². The minimum atomic E-state index is 0.230. The normalized spacial score (nSPS) is 17.0. The smallest absolute Gasteiger partial charge is 0.141 e. The minimum Gasteiger partial charge on any atom is -0.497 e. The predicted octanol–water partition coefficient (Wildman–Crippen LogP) is 12.5. The molecule has 0 radical (unpaired) electrons. The number of allylic oxidation sites excluding steroid dienone is 2. The van der Waals surface area contributed by atoms with Gasteiger partial charge >= 0.3 is 0 Å². The number of aromatic nitrogens is 4. The Morgan fingerprint density at radius 1 is 0.673 bits per heavy atom. The lowest BCUT2D eigenvalue weighted by molar-refractivity contribution is 0.393. The molecule has 0 aliphatic heterocycles. The highest BCUT2D eigenvalue weighted by Crippen LogP contribution is 2.48. The van der Waals surface area contributed by atoms with Crippen LogP contribution in [-0.2, 0) is 0 Å². The Labute approximate surface area is 322 Å². The third kappa shape index (κ3) is 6.27. The van der Waals surface area contributed by atoms with Crippen LogP contribution in [0.1, 0.15) is 44.2 Å². The maximum Gasteiger partial charge on any atom is 0.141 e. The van der Waals surface area contributed by atoms with E-state index in [2.05, 4.69) is 164 Å². The summed E-state index contributed by atoms with van der Waals surface area (Å²) in [6.45, 7) is 9.15. The lowest BCUT2D eigenvalue weighted by Gasteiger charge is -2.33. The molecule has 0 bridgehead atoms. The van der Waals surface area contributed by atoms with Crippen LogP contribution in [0.3, 0.4) is 0 Å². The fraction of sp³-hybridized carbons (Fsp3) is 0.184. The summed E-state index contributed by atoms with van der Waals surface area (Å²) in [5, 5.41) is 7.79. The molecule has 0 saturated heterocycles. The minimum absolute atomic E-state index is 0.230. The SMILES string of the molecule is COc1ccnc(-n2c3ccccc3c3ccc(Oc4cc(C)cc(-n5nc(-c6ccccc6)c([C@@H]6C(C)=CC(C)C[C@@H]6C)c5-c5ccccc5)c4)cc32)c1. The van der Waals surface area contributed by atoms with Crippen LogP contribution in [0.25, 0.3) is 55.8 Å². The first kappa shape index (κ1) is 34.4. The number of fused-ring (bicyclic) bond motifs is 3. The van der Waals surface area contributed by atoms with Gasteiger partial charge in [0.25, 0.3) is 0 Å². The van der Waals surface area contributed by atoms with E-state index >= 15 is 0 Å². The molecule has 0 N–H and O–H groups in total. The molecule has 3 aromatic heterocycles. The molecule has 9 rings (SSSR count). The molecule has 5 aromatic carbocycles. The number of methoxy groups -OCH3 is 1. The Morgan fingerprint density at radius 3 is 2.16 bits per heavy atom. The van der Waals surface area contributed by atoms with Crippen LogP contribution in [0, 0.1) is 18.8 Å². The zero-order valence-electron chi connectivity index (χ0n) is 31.9. The molecule has 1 aliphatic carbocycles. The molecule has 0 spiro atoms. The van der Waals surface area contributed by atoms with Crippen LogP contribution in [-0.4, -0.2) is 26.4 Å². The molecule has 6 nitrogen and oxygen atoms in total. The summed E-state index contributed by atoms with van der Waals surface area (Å²) in [6.07, 6.45) is 5.38. The van der Waals surface area contributed by atoms with E-state index in [-0.39, 0.29) is 5.92 Å². The molecule has 3 atom stereocenters. The number of benzene rings is 5. The molecule has 0 amide bonds. The molecule has 6 heteroatoms. The van der Waals surface area contributed by atoms with Crippen molar-refractivity contribution in [1.82, 2.24) is 19.3 Å². The van der Waals surface area contributed by atoms with Gasteiger partial charge in [0.1, 0.15) is 23.1 Å². The van der Waals surface area contributed by atoms with Crippen LogP contribution in [0.4, 0.5) is 0 Å². The van der Waals surface area contributed by atoms with Gasteiger partial charge in [-0.15, -0.1) is 0 Å². The molecule has 0 fully saturated rings. The highest BCUT2D eigenvalue weighted by Gasteiger charge is 2.34. The van der Waals surface area contributed by atoms with Gasteiger partial charge in [-0.05, 0) is 74.1 Å². The second kappa shape index (κ2) is 14.1. The van der Waals surface area contributed by atoms with E-state index in [0.717, 1.165) is 85.1 Å². The highest BCUT2D eigenvalue weighted by atomic mass is 16.5. The van der Waals surface area contributed by atoms with Crippen molar-refractivity contribution in [2.45, 2.75) is 40.0 Å². The summed E-state index contributed by atoms with van der Waals surface area (Å²) in [6, 6.07) is 46.3. The maximum atomic E-state index is 6.78. The Kier molecular flexibility index (Phi) is 8.82. The van der Waals surface area contributed by atoms with E-state index in [1.165, 1.54) is 11.1 Å². The van der Waals surface area contributed by atoms with E-state index in [1.54, 1.807) is 13.3 Å². The van der Waals surface area contributed by atoms with Gasteiger partial charge in [-0.25, -0.2) is 9.67 Å². The van der Waals surface area contributed by atoms with E-state index in [0.29, 0.717) is 11.8 Å². The second-order valence-electron chi connectivity index (χ2n) is 15.0. The Balaban J connectivity index is 1.20. The van der Waals surface area contributed by atoms with Gasteiger partial charge in [-0.2, -0.15) is 5.10 Å².